The smallest absolute Gasteiger partial charge is 0.193 e. The molecule has 0 rings (SSSR count). The highest BCUT2D eigenvalue weighted by Crippen LogP contribution is 2.57. The van der Waals surface area contributed by atoms with Gasteiger partial charge in [0.05, 0.1) is 13.2 Å². The Morgan fingerprint density at radius 3 is 1.57 bits per heavy atom. The molecular weight excluding hydrogens is 375 g/mol. The van der Waals surface area contributed by atoms with Gasteiger partial charge in [-0.05, 0) is 24.7 Å². The second-order valence-corrected chi connectivity index (χ2v) is 10.2. The Bertz CT molecular complexity index is 243. The predicted molar refractivity (Wildman–Crippen MR) is 106 cm³/mol. The van der Waals surface area contributed by atoms with Crippen LogP contribution in [0.1, 0.15) is 79.1 Å². The van der Waals surface area contributed by atoms with Gasteiger partial charge < -0.3 is 0 Å². The van der Waals surface area contributed by atoms with Gasteiger partial charge in [-0.25, -0.2) is 0 Å². The van der Waals surface area contributed by atoms with Crippen LogP contribution < -0.4 is 0 Å². The summed E-state index contributed by atoms with van der Waals surface area (Å²) in [5, 5.41) is 0.720. The molecule has 0 aliphatic rings. The molecule has 0 aromatic rings. The summed E-state index contributed by atoms with van der Waals surface area (Å²) < 4.78 is 11.5. The Balaban J connectivity index is 3.78. The minimum absolute atomic E-state index is 0.574. The van der Waals surface area contributed by atoms with Crippen LogP contribution in [0.3, 0.4) is 0 Å². The molecule has 0 fully saturated rings. The van der Waals surface area contributed by atoms with Crippen molar-refractivity contribution in [2.45, 2.75) is 79.1 Å². The lowest BCUT2D eigenvalue weighted by Gasteiger charge is -2.16. The fraction of sp³-hybridized carbons (Fsp3) is 1.00. The summed E-state index contributed by atoms with van der Waals surface area (Å²) >= 11 is 3.39. The van der Waals surface area contributed by atoms with Crippen LogP contribution in [0.4, 0.5) is 0 Å². The molecule has 3 nitrogen and oxygen atoms in total. The maximum Gasteiger partial charge on any atom is 0.409 e. The van der Waals surface area contributed by atoms with Crippen molar-refractivity contribution in [1.82, 2.24) is 0 Å². The molecule has 0 aromatic heterocycles. The Kier molecular flexibility index (Phi) is 15.6. The number of hydrogen-bond acceptors (Lipinski definition) is 3. The first-order valence-electron chi connectivity index (χ1n) is 9.35. The second kappa shape index (κ2) is 15.1. The number of rotatable bonds is 16. The Morgan fingerprint density at radius 1 is 0.783 bits per heavy atom. The van der Waals surface area contributed by atoms with Crippen molar-refractivity contribution >= 4 is 23.9 Å². The average molecular weight is 414 g/mol. The molecule has 0 heterocycles. The zero-order valence-corrected chi connectivity index (χ0v) is 18.2. The maximum absolute atomic E-state index is 10.5. The van der Waals surface area contributed by atoms with E-state index in [0.717, 1.165) is 30.0 Å². The van der Waals surface area contributed by atoms with Crippen LogP contribution in [0.2, 0.25) is 0 Å². The van der Waals surface area contributed by atoms with Gasteiger partial charge in [0.15, 0.2) is 6.16 Å². The third kappa shape index (κ3) is 16.0. The quantitative estimate of drug-likeness (QED) is 0.176. The van der Waals surface area contributed by atoms with Gasteiger partial charge in [-0.15, -0.1) is 0 Å². The number of halogens is 1. The zero-order chi connectivity index (χ0) is 17.6. The summed E-state index contributed by atoms with van der Waals surface area (Å²) in [6.07, 6.45) is 9.96. The minimum Gasteiger partial charge on any atom is -0.193 e. The Morgan fingerprint density at radius 2 is 1.22 bits per heavy atom. The highest BCUT2D eigenvalue weighted by molar-refractivity contribution is 9.09. The van der Waals surface area contributed by atoms with Gasteiger partial charge in [0, 0.05) is 5.33 Å². The number of hydrogen-bond donors (Lipinski definition) is 1. The SMILES string of the molecule is CC(C)CCCCCO[P+](O)(CCBr)OCCCCCC(C)C. The van der Waals surface area contributed by atoms with E-state index in [4.69, 9.17) is 9.05 Å². The standard InChI is InChI=1S/C18H39BrO3P/c1-17(2)11-7-5-9-14-21-23(20,16-13-19)22-15-10-6-8-12-18(3)4/h17-18,20H,5-16H2,1-4H3/q+1. The van der Waals surface area contributed by atoms with E-state index in [1.165, 1.54) is 38.5 Å². The molecule has 0 saturated carbocycles. The molecular formula is C18H39BrO3P+. The van der Waals surface area contributed by atoms with E-state index in [1.54, 1.807) is 0 Å². The molecule has 0 amide bonds. The van der Waals surface area contributed by atoms with E-state index in [-0.39, 0.29) is 0 Å². The molecule has 0 saturated heterocycles. The summed E-state index contributed by atoms with van der Waals surface area (Å²) in [5.74, 6) is 1.54. The summed E-state index contributed by atoms with van der Waals surface area (Å²) in [4.78, 5) is 10.5. The molecule has 0 aliphatic carbocycles. The van der Waals surface area contributed by atoms with E-state index in [0.29, 0.717) is 19.4 Å². The van der Waals surface area contributed by atoms with Crippen LogP contribution in [-0.2, 0) is 9.05 Å². The molecule has 1 N–H and O–H groups in total. The fourth-order valence-corrected chi connectivity index (χ4v) is 5.07. The van der Waals surface area contributed by atoms with Gasteiger partial charge >= 0.3 is 7.94 Å². The van der Waals surface area contributed by atoms with Crippen LogP contribution in [0.15, 0.2) is 0 Å². The molecule has 23 heavy (non-hydrogen) atoms. The molecule has 0 aromatic carbocycles. The van der Waals surface area contributed by atoms with Gasteiger partial charge in [0.25, 0.3) is 0 Å². The first-order chi connectivity index (χ1) is 10.9. The molecule has 0 spiro atoms. The third-order valence-corrected chi connectivity index (χ3v) is 6.77. The van der Waals surface area contributed by atoms with Gasteiger partial charge in [-0.1, -0.05) is 82.1 Å². The van der Waals surface area contributed by atoms with Crippen LogP contribution in [0.25, 0.3) is 0 Å². The first kappa shape index (κ1) is 23.8. The lowest BCUT2D eigenvalue weighted by Crippen LogP contribution is -2.10. The van der Waals surface area contributed by atoms with E-state index < -0.39 is 7.94 Å². The van der Waals surface area contributed by atoms with Crippen molar-refractivity contribution in [3.05, 3.63) is 0 Å². The number of unbranched alkanes of at least 4 members (excludes halogenated alkanes) is 4. The van der Waals surface area contributed by atoms with Crippen molar-refractivity contribution in [3.8, 4) is 0 Å². The van der Waals surface area contributed by atoms with Gasteiger partial charge in [0.2, 0.25) is 0 Å². The summed E-state index contributed by atoms with van der Waals surface area (Å²) in [5.41, 5.74) is 0. The van der Waals surface area contributed by atoms with E-state index in [1.807, 2.05) is 0 Å². The molecule has 0 radical (unpaired) electrons. The Labute approximate surface area is 153 Å². The summed E-state index contributed by atoms with van der Waals surface area (Å²) in [6.45, 7) is 10.3. The minimum atomic E-state index is -2.65. The van der Waals surface area contributed by atoms with E-state index >= 15 is 0 Å². The molecule has 0 unspecified atom stereocenters. The van der Waals surface area contributed by atoms with E-state index in [9.17, 15) is 4.89 Å². The fourth-order valence-electron chi connectivity index (χ4n) is 2.35. The summed E-state index contributed by atoms with van der Waals surface area (Å²) in [6, 6.07) is 0. The van der Waals surface area contributed by atoms with Gasteiger partial charge in [-0.2, -0.15) is 13.9 Å². The average Bonchev–Trinajstić information content (AvgIpc) is 2.46. The van der Waals surface area contributed by atoms with E-state index in [2.05, 4.69) is 43.6 Å². The highest BCUT2D eigenvalue weighted by atomic mass is 79.9. The first-order valence-corrected chi connectivity index (χ1v) is 12.2. The number of alkyl halides is 1. The summed E-state index contributed by atoms with van der Waals surface area (Å²) in [7, 11) is -2.65. The van der Waals surface area contributed by atoms with Crippen LogP contribution in [-0.4, -0.2) is 29.6 Å². The predicted octanol–water partition coefficient (Wildman–Crippen LogP) is 6.60. The van der Waals surface area contributed by atoms with Gasteiger partial charge in [0.1, 0.15) is 0 Å². The molecule has 0 aliphatic heterocycles. The van der Waals surface area contributed by atoms with Crippen LogP contribution >= 0.6 is 23.9 Å². The maximum atomic E-state index is 10.5. The van der Waals surface area contributed by atoms with Crippen molar-refractivity contribution in [1.29, 1.82) is 0 Å². The highest BCUT2D eigenvalue weighted by Gasteiger charge is 2.39. The lowest BCUT2D eigenvalue weighted by molar-refractivity contribution is 0.171. The van der Waals surface area contributed by atoms with Crippen molar-refractivity contribution in [2.24, 2.45) is 11.8 Å². The topological polar surface area (TPSA) is 38.7 Å². The monoisotopic (exact) mass is 413 g/mol. The largest absolute Gasteiger partial charge is 0.409 e. The molecule has 0 atom stereocenters. The molecule has 0 bridgehead atoms. The second-order valence-electron chi connectivity index (χ2n) is 7.20. The third-order valence-electron chi connectivity index (χ3n) is 3.80. The van der Waals surface area contributed by atoms with Crippen molar-refractivity contribution in [2.75, 3.05) is 24.7 Å². The lowest BCUT2D eigenvalue weighted by atomic mass is 10.1. The van der Waals surface area contributed by atoms with Crippen molar-refractivity contribution < 1.29 is 13.9 Å². The van der Waals surface area contributed by atoms with Crippen LogP contribution in [0.5, 0.6) is 0 Å². The normalized spacial score (nSPS) is 12.5. The van der Waals surface area contributed by atoms with Crippen molar-refractivity contribution in [3.63, 3.8) is 0 Å². The molecule has 140 valence electrons. The molecule has 5 heteroatoms. The Hall–Kier alpha value is 0.790. The zero-order valence-electron chi connectivity index (χ0n) is 15.7. The van der Waals surface area contributed by atoms with Gasteiger partial charge in [-0.3, -0.25) is 0 Å². The van der Waals surface area contributed by atoms with Crippen LogP contribution in [0, 0.1) is 11.8 Å².